The van der Waals surface area contributed by atoms with Gasteiger partial charge in [-0.3, -0.25) is 4.79 Å². The second-order valence-corrected chi connectivity index (χ2v) is 8.64. The molecule has 2 aromatic rings. The monoisotopic (exact) mass is 452 g/mol. The van der Waals surface area contributed by atoms with Crippen LogP contribution in [0.5, 0.6) is 5.75 Å². The molecule has 0 radical (unpaired) electrons. The zero-order chi connectivity index (χ0) is 23.2. The molecule has 4 N–H and O–H groups in total. The lowest BCUT2D eigenvalue weighted by atomic mass is 9.98. The van der Waals surface area contributed by atoms with E-state index in [4.69, 9.17) is 10.5 Å². The number of methoxy groups -OCH3 is 1. The highest BCUT2D eigenvalue weighted by molar-refractivity contribution is 5.98. The van der Waals surface area contributed by atoms with E-state index in [0.29, 0.717) is 29.5 Å². The predicted molar refractivity (Wildman–Crippen MR) is 128 cm³/mol. The standard InChI is InChI=1S/C24H32N6O3/c1-33-19-8-6-18(7-9-19)28-22-13-21(20(15-27-22)23(25)31)26-14-17-5-4-12-30(16-17)24(32)29-10-2-3-11-29/h6-9,13,15,17H,2-5,10-12,14,16H2,1H3,(H2,25,31)(H2,26,27,28)/t17-/m1/s1. The van der Waals surface area contributed by atoms with Crippen molar-refractivity contribution in [3.05, 3.63) is 42.1 Å². The highest BCUT2D eigenvalue weighted by Gasteiger charge is 2.28. The van der Waals surface area contributed by atoms with Crippen molar-refractivity contribution in [3.63, 3.8) is 0 Å². The normalized spacial score (nSPS) is 18.2. The number of likely N-dealkylation sites (tertiary alicyclic amines) is 2. The molecule has 2 aliphatic heterocycles. The Labute approximate surface area is 194 Å². The van der Waals surface area contributed by atoms with Gasteiger partial charge in [0, 0.05) is 50.7 Å². The maximum Gasteiger partial charge on any atom is 0.320 e. The van der Waals surface area contributed by atoms with Crippen LogP contribution >= 0.6 is 0 Å². The molecule has 3 heterocycles. The Bertz CT molecular complexity index is 975. The van der Waals surface area contributed by atoms with Gasteiger partial charge in [0.2, 0.25) is 0 Å². The molecule has 0 saturated carbocycles. The van der Waals surface area contributed by atoms with Crippen molar-refractivity contribution in [1.29, 1.82) is 0 Å². The molecule has 2 fully saturated rings. The number of pyridine rings is 1. The summed E-state index contributed by atoms with van der Waals surface area (Å²) in [4.78, 5) is 33.0. The van der Waals surface area contributed by atoms with Crippen LogP contribution < -0.4 is 21.1 Å². The van der Waals surface area contributed by atoms with Gasteiger partial charge in [0.15, 0.2) is 0 Å². The van der Waals surface area contributed by atoms with Crippen LogP contribution in [0.3, 0.4) is 0 Å². The van der Waals surface area contributed by atoms with Gasteiger partial charge in [0.05, 0.1) is 18.4 Å². The van der Waals surface area contributed by atoms with Gasteiger partial charge in [-0.05, 0) is 55.9 Å². The summed E-state index contributed by atoms with van der Waals surface area (Å²) in [7, 11) is 1.62. The van der Waals surface area contributed by atoms with E-state index in [1.54, 1.807) is 13.2 Å². The Morgan fingerprint density at radius 3 is 2.55 bits per heavy atom. The molecule has 1 atom stereocenters. The number of nitrogens with one attached hydrogen (secondary N) is 2. The van der Waals surface area contributed by atoms with Crippen LogP contribution in [0.25, 0.3) is 0 Å². The van der Waals surface area contributed by atoms with Crippen molar-refractivity contribution in [1.82, 2.24) is 14.8 Å². The zero-order valence-corrected chi connectivity index (χ0v) is 19.0. The number of benzene rings is 1. The lowest BCUT2D eigenvalue weighted by Crippen LogP contribution is -2.47. The van der Waals surface area contributed by atoms with E-state index in [0.717, 1.165) is 63.3 Å². The van der Waals surface area contributed by atoms with Gasteiger partial charge in [-0.2, -0.15) is 0 Å². The minimum atomic E-state index is -0.532. The van der Waals surface area contributed by atoms with E-state index < -0.39 is 5.91 Å². The molecule has 176 valence electrons. The molecule has 3 amide bonds. The molecule has 9 heteroatoms. The molecule has 9 nitrogen and oxygen atoms in total. The first-order chi connectivity index (χ1) is 16.0. The number of amides is 3. The summed E-state index contributed by atoms with van der Waals surface area (Å²) in [5.74, 6) is 1.14. The third-order valence-electron chi connectivity index (χ3n) is 6.28. The van der Waals surface area contributed by atoms with Crippen molar-refractivity contribution >= 4 is 29.1 Å². The lowest BCUT2D eigenvalue weighted by molar-refractivity contribution is 0.100. The first kappa shape index (κ1) is 22.7. The molecule has 0 unspecified atom stereocenters. The predicted octanol–water partition coefficient (Wildman–Crippen LogP) is 3.27. The van der Waals surface area contributed by atoms with Crippen LogP contribution in [0.1, 0.15) is 36.0 Å². The van der Waals surface area contributed by atoms with Crippen LogP contribution in [0.15, 0.2) is 36.5 Å². The SMILES string of the molecule is COc1ccc(Nc2cc(NC[C@H]3CCCN(C(=O)N4CCCC4)C3)c(C(N)=O)cn2)cc1. The maximum absolute atomic E-state index is 12.8. The smallest absolute Gasteiger partial charge is 0.320 e. The zero-order valence-electron chi connectivity index (χ0n) is 19.0. The van der Waals surface area contributed by atoms with E-state index >= 15 is 0 Å². The Hall–Kier alpha value is -3.49. The number of carbonyl (C=O) groups excluding carboxylic acids is 2. The number of rotatable bonds is 7. The highest BCUT2D eigenvalue weighted by atomic mass is 16.5. The Morgan fingerprint density at radius 1 is 1.12 bits per heavy atom. The van der Waals surface area contributed by atoms with Gasteiger partial charge in [-0.25, -0.2) is 9.78 Å². The molecule has 1 aromatic carbocycles. The second kappa shape index (κ2) is 10.4. The summed E-state index contributed by atoms with van der Waals surface area (Å²) in [6.07, 6.45) is 5.69. The number of primary amides is 1. The van der Waals surface area contributed by atoms with Gasteiger partial charge in [0.25, 0.3) is 5.91 Å². The van der Waals surface area contributed by atoms with Crippen LogP contribution in [-0.2, 0) is 0 Å². The van der Waals surface area contributed by atoms with E-state index in [-0.39, 0.29) is 6.03 Å². The molecule has 2 saturated heterocycles. The molecule has 0 aliphatic carbocycles. The van der Waals surface area contributed by atoms with Crippen LogP contribution in [0, 0.1) is 5.92 Å². The Kier molecular flexibility index (Phi) is 7.16. The summed E-state index contributed by atoms with van der Waals surface area (Å²) in [6, 6.07) is 9.45. The van der Waals surface area contributed by atoms with Crippen LogP contribution in [0.4, 0.5) is 22.0 Å². The molecule has 33 heavy (non-hydrogen) atoms. The number of urea groups is 1. The summed E-state index contributed by atoms with van der Waals surface area (Å²) in [6.45, 7) is 3.90. The van der Waals surface area contributed by atoms with Crippen molar-refractivity contribution in [2.75, 3.05) is 50.5 Å². The second-order valence-electron chi connectivity index (χ2n) is 8.64. The molecule has 0 bridgehead atoms. The summed E-state index contributed by atoms with van der Waals surface area (Å²) >= 11 is 0. The number of hydrogen-bond donors (Lipinski definition) is 3. The average Bonchev–Trinajstić information content (AvgIpc) is 3.38. The minimum Gasteiger partial charge on any atom is -0.497 e. The first-order valence-electron chi connectivity index (χ1n) is 11.5. The van der Waals surface area contributed by atoms with E-state index in [1.807, 2.05) is 34.1 Å². The number of carbonyl (C=O) groups is 2. The summed E-state index contributed by atoms with van der Waals surface area (Å²) < 4.78 is 5.19. The molecule has 0 spiro atoms. The number of hydrogen-bond acceptors (Lipinski definition) is 6. The van der Waals surface area contributed by atoms with Crippen molar-refractivity contribution < 1.29 is 14.3 Å². The van der Waals surface area contributed by atoms with E-state index in [1.165, 1.54) is 6.20 Å². The van der Waals surface area contributed by atoms with E-state index in [9.17, 15) is 9.59 Å². The fourth-order valence-corrected chi connectivity index (χ4v) is 4.46. The van der Waals surface area contributed by atoms with Gasteiger partial charge in [-0.1, -0.05) is 0 Å². The summed E-state index contributed by atoms with van der Waals surface area (Å²) in [5.41, 5.74) is 7.41. The number of anilines is 3. The summed E-state index contributed by atoms with van der Waals surface area (Å²) in [5, 5.41) is 6.62. The van der Waals surface area contributed by atoms with Gasteiger partial charge < -0.3 is 30.9 Å². The molecule has 2 aliphatic rings. The fraction of sp³-hybridized carbons (Fsp3) is 0.458. The average molecular weight is 453 g/mol. The number of aromatic nitrogens is 1. The van der Waals surface area contributed by atoms with Gasteiger partial charge in [-0.15, -0.1) is 0 Å². The van der Waals surface area contributed by atoms with Crippen molar-refractivity contribution in [2.45, 2.75) is 25.7 Å². The quantitative estimate of drug-likeness (QED) is 0.594. The van der Waals surface area contributed by atoms with Gasteiger partial charge >= 0.3 is 6.03 Å². The Balaban J connectivity index is 1.40. The number of nitrogens with two attached hydrogens (primary N) is 1. The largest absolute Gasteiger partial charge is 0.497 e. The lowest BCUT2D eigenvalue weighted by Gasteiger charge is -2.35. The van der Waals surface area contributed by atoms with Crippen molar-refractivity contribution in [2.24, 2.45) is 11.7 Å². The Morgan fingerprint density at radius 2 is 1.85 bits per heavy atom. The topological polar surface area (TPSA) is 113 Å². The third-order valence-corrected chi connectivity index (χ3v) is 6.28. The van der Waals surface area contributed by atoms with Gasteiger partial charge in [0.1, 0.15) is 11.6 Å². The van der Waals surface area contributed by atoms with Crippen LogP contribution in [-0.4, -0.2) is 66.6 Å². The number of piperidine rings is 1. The third kappa shape index (κ3) is 5.66. The minimum absolute atomic E-state index is 0.157. The highest BCUT2D eigenvalue weighted by Crippen LogP contribution is 2.25. The molecule has 4 rings (SSSR count). The van der Waals surface area contributed by atoms with Crippen molar-refractivity contribution in [3.8, 4) is 5.75 Å². The maximum atomic E-state index is 12.8. The van der Waals surface area contributed by atoms with E-state index in [2.05, 4.69) is 15.6 Å². The van der Waals surface area contributed by atoms with Crippen LogP contribution in [0.2, 0.25) is 0 Å². The molecular weight excluding hydrogens is 420 g/mol. The molecule has 1 aromatic heterocycles. The first-order valence-corrected chi connectivity index (χ1v) is 11.5. The number of nitrogens with zero attached hydrogens (tertiary/aromatic N) is 3. The number of ether oxygens (including phenoxy) is 1. The molecular formula is C24H32N6O3. The fourth-order valence-electron chi connectivity index (χ4n) is 4.46.